The van der Waals surface area contributed by atoms with Crippen molar-refractivity contribution in [3.8, 4) is 10.4 Å². The fourth-order valence-corrected chi connectivity index (χ4v) is 3.87. The molecule has 0 spiro atoms. The van der Waals surface area contributed by atoms with Gasteiger partial charge in [-0.05, 0) is 36.7 Å². The molecule has 22 heavy (non-hydrogen) atoms. The number of aromatic nitrogens is 2. The lowest BCUT2D eigenvalue weighted by molar-refractivity contribution is 0.526. The van der Waals surface area contributed by atoms with Crippen molar-refractivity contribution in [3.05, 3.63) is 52.8 Å². The van der Waals surface area contributed by atoms with E-state index in [-0.39, 0.29) is 17.4 Å². The molecule has 1 aliphatic rings. The van der Waals surface area contributed by atoms with E-state index >= 15 is 0 Å². The smallest absolute Gasteiger partial charge is 0.271 e. The molecule has 0 saturated carbocycles. The van der Waals surface area contributed by atoms with Crippen LogP contribution in [0.3, 0.4) is 0 Å². The van der Waals surface area contributed by atoms with E-state index in [9.17, 15) is 9.18 Å². The molecule has 1 aliphatic heterocycles. The molecule has 0 bridgehead atoms. The zero-order valence-corrected chi connectivity index (χ0v) is 12.6. The lowest BCUT2D eigenvalue weighted by Gasteiger charge is -2.11. The van der Waals surface area contributed by atoms with Crippen LogP contribution in [0.15, 0.2) is 41.5 Å². The molecule has 1 atom stereocenters. The van der Waals surface area contributed by atoms with Crippen LogP contribution in [0.1, 0.15) is 12.5 Å². The van der Waals surface area contributed by atoms with Crippen molar-refractivity contribution in [3.63, 3.8) is 0 Å². The van der Waals surface area contributed by atoms with Gasteiger partial charge in [0.25, 0.3) is 5.56 Å². The van der Waals surface area contributed by atoms with E-state index in [1.165, 1.54) is 23.5 Å². The highest BCUT2D eigenvalue weighted by Crippen LogP contribution is 2.31. The normalized spacial score (nSPS) is 18.1. The van der Waals surface area contributed by atoms with Crippen LogP contribution >= 0.6 is 11.3 Å². The summed E-state index contributed by atoms with van der Waals surface area (Å²) in [6, 6.07) is 8.37. The van der Waals surface area contributed by atoms with Crippen molar-refractivity contribution in [2.24, 2.45) is 0 Å². The molecule has 4 rings (SSSR count). The van der Waals surface area contributed by atoms with Gasteiger partial charge in [-0.15, -0.1) is 11.3 Å². The van der Waals surface area contributed by atoms with Crippen molar-refractivity contribution in [2.75, 3.05) is 13.1 Å². The van der Waals surface area contributed by atoms with Crippen LogP contribution in [-0.2, 0) is 0 Å². The summed E-state index contributed by atoms with van der Waals surface area (Å²) >= 11 is 1.42. The van der Waals surface area contributed by atoms with Crippen molar-refractivity contribution in [1.82, 2.24) is 14.9 Å². The first kappa shape index (κ1) is 13.6. The number of fused-ring (bicyclic) bond motifs is 1. The van der Waals surface area contributed by atoms with E-state index in [0.717, 1.165) is 30.0 Å². The predicted octanol–water partition coefficient (Wildman–Crippen LogP) is 2.80. The summed E-state index contributed by atoms with van der Waals surface area (Å²) in [7, 11) is 0. The first-order valence-corrected chi connectivity index (χ1v) is 8.01. The lowest BCUT2D eigenvalue weighted by Crippen LogP contribution is -2.25. The highest BCUT2D eigenvalue weighted by atomic mass is 32.1. The Kier molecular flexibility index (Phi) is 3.28. The van der Waals surface area contributed by atoms with E-state index in [1.807, 2.05) is 6.07 Å². The molecule has 1 aromatic carbocycles. The van der Waals surface area contributed by atoms with Crippen LogP contribution in [0.5, 0.6) is 0 Å². The fraction of sp³-hybridized carbons (Fsp3) is 0.250. The third-order valence-electron chi connectivity index (χ3n) is 4.02. The van der Waals surface area contributed by atoms with Crippen LogP contribution < -0.4 is 10.9 Å². The van der Waals surface area contributed by atoms with E-state index in [0.29, 0.717) is 10.2 Å². The summed E-state index contributed by atoms with van der Waals surface area (Å²) in [5.41, 5.74) is 1.62. The third kappa shape index (κ3) is 2.24. The molecule has 0 radical (unpaired) electrons. The van der Waals surface area contributed by atoms with Gasteiger partial charge in [-0.25, -0.2) is 9.37 Å². The fourth-order valence-electron chi connectivity index (χ4n) is 2.82. The second kappa shape index (κ2) is 5.30. The monoisotopic (exact) mass is 315 g/mol. The second-order valence-corrected chi connectivity index (χ2v) is 6.49. The molecule has 1 saturated heterocycles. The zero-order valence-electron chi connectivity index (χ0n) is 11.8. The third-order valence-corrected chi connectivity index (χ3v) is 5.18. The number of nitrogens with one attached hydrogen (secondary N) is 1. The van der Waals surface area contributed by atoms with Gasteiger partial charge in [0.1, 0.15) is 10.5 Å². The Hall–Kier alpha value is -2.05. The molecule has 1 N–H and O–H groups in total. The molecule has 6 heteroatoms. The minimum atomic E-state index is -0.265. The number of rotatable bonds is 2. The molecule has 1 fully saturated rings. The minimum absolute atomic E-state index is 0.0112. The topological polar surface area (TPSA) is 46.9 Å². The number of benzene rings is 1. The predicted molar refractivity (Wildman–Crippen MR) is 85.8 cm³/mol. The molecular formula is C16H14FN3OS. The lowest BCUT2D eigenvalue weighted by atomic mass is 10.2. The second-order valence-electron chi connectivity index (χ2n) is 5.44. The molecule has 3 aromatic rings. The number of nitrogens with zero attached hydrogens (tertiary/aromatic N) is 2. The average molecular weight is 315 g/mol. The molecule has 3 heterocycles. The Morgan fingerprint density at radius 1 is 1.32 bits per heavy atom. The largest absolute Gasteiger partial charge is 0.315 e. The van der Waals surface area contributed by atoms with Crippen molar-refractivity contribution < 1.29 is 4.39 Å². The summed E-state index contributed by atoms with van der Waals surface area (Å²) in [6.45, 7) is 1.74. The zero-order chi connectivity index (χ0) is 15.1. The first-order chi connectivity index (χ1) is 10.7. The summed E-state index contributed by atoms with van der Waals surface area (Å²) in [5.74, 6) is -0.265. The summed E-state index contributed by atoms with van der Waals surface area (Å²) in [6.07, 6.45) is 2.59. The van der Waals surface area contributed by atoms with Crippen molar-refractivity contribution in [2.45, 2.75) is 12.5 Å². The van der Waals surface area contributed by atoms with Gasteiger partial charge < -0.3 is 5.32 Å². The van der Waals surface area contributed by atoms with E-state index in [2.05, 4.69) is 10.3 Å². The molecule has 2 aromatic heterocycles. The van der Waals surface area contributed by atoms with Crippen LogP contribution in [0.4, 0.5) is 4.39 Å². The quantitative estimate of drug-likeness (QED) is 0.791. The Balaban J connectivity index is 1.82. The Morgan fingerprint density at radius 2 is 2.14 bits per heavy atom. The highest BCUT2D eigenvalue weighted by Gasteiger charge is 2.19. The van der Waals surface area contributed by atoms with Gasteiger partial charge in [-0.2, -0.15) is 0 Å². The van der Waals surface area contributed by atoms with E-state index in [1.54, 1.807) is 23.0 Å². The van der Waals surface area contributed by atoms with Gasteiger partial charge >= 0.3 is 0 Å². The number of thiophene rings is 1. The molecule has 112 valence electrons. The maximum Gasteiger partial charge on any atom is 0.271 e. The number of hydrogen-bond acceptors (Lipinski definition) is 4. The molecule has 4 nitrogen and oxygen atoms in total. The van der Waals surface area contributed by atoms with Crippen LogP contribution in [0, 0.1) is 5.82 Å². The summed E-state index contributed by atoms with van der Waals surface area (Å²) < 4.78 is 15.4. The highest BCUT2D eigenvalue weighted by molar-refractivity contribution is 7.22. The maximum absolute atomic E-state index is 13.0. The van der Waals surface area contributed by atoms with Gasteiger partial charge in [0, 0.05) is 11.4 Å². The maximum atomic E-state index is 13.0. The Labute approximate surface area is 130 Å². The van der Waals surface area contributed by atoms with Gasteiger partial charge in [0.15, 0.2) is 0 Å². The van der Waals surface area contributed by atoms with Crippen LogP contribution in [0.2, 0.25) is 0 Å². The van der Waals surface area contributed by atoms with Gasteiger partial charge in [0.2, 0.25) is 0 Å². The Bertz CT molecular complexity index is 879. The molecule has 0 amide bonds. The summed E-state index contributed by atoms with van der Waals surface area (Å²) in [5, 5.41) is 3.26. The van der Waals surface area contributed by atoms with Gasteiger partial charge in [-0.1, -0.05) is 12.1 Å². The average Bonchev–Trinajstić information content (AvgIpc) is 3.17. The molecular weight excluding hydrogens is 301 g/mol. The SMILES string of the molecule is O=c1c2sc(-c3ccc(F)cc3)cc2ncn1[C@H]1CCNC1. The van der Waals surface area contributed by atoms with E-state index in [4.69, 9.17) is 0 Å². The summed E-state index contributed by atoms with van der Waals surface area (Å²) in [4.78, 5) is 18.0. The Morgan fingerprint density at radius 3 is 2.86 bits per heavy atom. The minimum Gasteiger partial charge on any atom is -0.315 e. The standard InChI is InChI=1S/C16H14FN3OS/c17-11-3-1-10(2-4-11)14-7-13-15(22-14)16(21)20(9-19-13)12-5-6-18-8-12/h1-4,7,9,12,18H,5-6,8H2/t12-/m0/s1. The first-order valence-electron chi connectivity index (χ1n) is 7.20. The van der Waals surface area contributed by atoms with Gasteiger partial charge in [0.05, 0.1) is 17.9 Å². The van der Waals surface area contributed by atoms with Crippen molar-refractivity contribution >= 4 is 21.6 Å². The molecule has 0 unspecified atom stereocenters. The van der Waals surface area contributed by atoms with Crippen LogP contribution in [0.25, 0.3) is 20.7 Å². The van der Waals surface area contributed by atoms with E-state index < -0.39 is 0 Å². The van der Waals surface area contributed by atoms with Crippen molar-refractivity contribution in [1.29, 1.82) is 0 Å². The number of hydrogen-bond donors (Lipinski definition) is 1. The molecule has 0 aliphatic carbocycles. The van der Waals surface area contributed by atoms with Crippen LogP contribution in [-0.4, -0.2) is 22.6 Å². The van der Waals surface area contributed by atoms with Gasteiger partial charge in [-0.3, -0.25) is 9.36 Å². The number of halogens is 1.